The van der Waals surface area contributed by atoms with E-state index in [2.05, 4.69) is 103 Å². The second-order valence-electron chi connectivity index (χ2n) is 7.45. The molecule has 29 heavy (non-hydrogen) atoms. The Morgan fingerprint density at radius 2 is 0.931 bits per heavy atom. The Kier molecular flexibility index (Phi) is 6.74. The van der Waals surface area contributed by atoms with Crippen molar-refractivity contribution in [2.24, 2.45) is 0 Å². The summed E-state index contributed by atoms with van der Waals surface area (Å²) >= 11 is 3.31. The van der Waals surface area contributed by atoms with Gasteiger partial charge in [-0.1, -0.05) is 0 Å². The molecule has 4 aromatic carbocycles. The molecule has 0 aliphatic heterocycles. The van der Waals surface area contributed by atoms with Gasteiger partial charge in [-0.3, -0.25) is 0 Å². The van der Waals surface area contributed by atoms with Gasteiger partial charge in [0.05, 0.1) is 0 Å². The van der Waals surface area contributed by atoms with Crippen LogP contribution in [0.5, 0.6) is 0 Å². The number of halogens is 1. The predicted molar refractivity (Wildman–Crippen MR) is 129 cm³/mol. The molecule has 0 saturated heterocycles. The van der Waals surface area contributed by atoms with Crippen molar-refractivity contribution in [3.8, 4) is 0 Å². The number of rotatable bonds is 7. The van der Waals surface area contributed by atoms with Crippen LogP contribution in [-0.2, 0) is 6.42 Å². The first-order valence-electron chi connectivity index (χ1n) is 10.2. The second-order valence-corrected chi connectivity index (χ2v) is 19.4. The van der Waals surface area contributed by atoms with Crippen LogP contribution in [0.4, 0.5) is 0 Å². The zero-order chi connectivity index (χ0) is 19.9. The fourth-order valence-electron chi connectivity index (χ4n) is 4.35. The summed E-state index contributed by atoms with van der Waals surface area (Å²) in [4.78, 5) is 0. The molecule has 0 aliphatic carbocycles. The Morgan fingerprint density at radius 3 is 1.38 bits per heavy atom. The van der Waals surface area contributed by atoms with Gasteiger partial charge >= 0.3 is 184 Å². The average molecular weight is 504 g/mol. The fourth-order valence-corrected chi connectivity index (χ4v) is 18.4. The third kappa shape index (κ3) is 4.44. The molecule has 0 nitrogen and oxygen atoms in total. The Hall–Kier alpha value is -2.03. The molecule has 0 N–H and O–H groups in total. The second kappa shape index (κ2) is 9.65. The quantitative estimate of drug-likeness (QED) is 0.295. The third-order valence-corrected chi connectivity index (χ3v) is 20.6. The molecular weight excluding hydrogens is 478 g/mol. The molecule has 2 heteroatoms. The van der Waals surface area contributed by atoms with Gasteiger partial charge in [-0.2, -0.15) is 0 Å². The minimum absolute atomic E-state index is 0.882. The molecule has 0 atom stereocenters. The normalized spacial score (nSPS) is 11.3. The molecule has 4 rings (SSSR count). The van der Waals surface area contributed by atoms with Crippen molar-refractivity contribution in [1.29, 1.82) is 0 Å². The predicted octanol–water partition coefficient (Wildman–Crippen LogP) is 5.44. The van der Waals surface area contributed by atoms with E-state index in [1.54, 1.807) is 10.7 Å². The van der Waals surface area contributed by atoms with E-state index >= 15 is 0 Å². The molecule has 0 aromatic heterocycles. The van der Waals surface area contributed by atoms with Crippen molar-refractivity contribution in [1.82, 2.24) is 0 Å². The maximum atomic E-state index is 6.44. The van der Waals surface area contributed by atoms with Crippen molar-refractivity contribution in [2.75, 3.05) is 0 Å². The monoisotopic (exact) mass is 504 g/mol. The molecular formula is C27H25ClSn. The summed E-state index contributed by atoms with van der Waals surface area (Å²) in [6.45, 7) is 0. The van der Waals surface area contributed by atoms with E-state index in [1.165, 1.54) is 10.0 Å². The van der Waals surface area contributed by atoms with Crippen LogP contribution in [-0.4, -0.2) is 18.4 Å². The number of aryl methyl sites for hydroxylation is 1. The molecule has 0 saturated carbocycles. The van der Waals surface area contributed by atoms with Gasteiger partial charge < -0.3 is 0 Å². The molecule has 0 amide bonds. The van der Waals surface area contributed by atoms with E-state index in [0.717, 1.165) is 17.9 Å². The van der Waals surface area contributed by atoms with Gasteiger partial charge in [0, 0.05) is 0 Å². The Labute approximate surface area is 183 Å². The van der Waals surface area contributed by atoms with Gasteiger partial charge in [-0.25, -0.2) is 0 Å². The first-order chi connectivity index (χ1) is 14.3. The zero-order valence-corrected chi connectivity index (χ0v) is 20.1. The SMILES string of the molecule is Clc1ccccc1CC[CH2][Sn]([c]1ccccc1)([c]1ccccc1)[c]1ccccc1. The minimum atomic E-state index is -3.14. The summed E-state index contributed by atoms with van der Waals surface area (Å²) in [7, 11) is 0. The Bertz CT molecular complexity index is 933. The van der Waals surface area contributed by atoms with E-state index in [-0.39, 0.29) is 0 Å². The summed E-state index contributed by atoms with van der Waals surface area (Å²) in [5.74, 6) is 0. The Morgan fingerprint density at radius 1 is 0.517 bits per heavy atom. The fraction of sp³-hybridized carbons (Fsp3) is 0.111. The van der Waals surface area contributed by atoms with Crippen molar-refractivity contribution >= 4 is 40.7 Å². The van der Waals surface area contributed by atoms with Crippen LogP contribution in [0.25, 0.3) is 0 Å². The zero-order valence-electron chi connectivity index (χ0n) is 16.5. The third-order valence-electron chi connectivity index (χ3n) is 5.76. The molecule has 0 radical (unpaired) electrons. The average Bonchev–Trinajstić information content (AvgIpc) is 2.80. The van der Waals surface area contributed by atoms with Gasteiger partial charge in [0.1, 0.15) is 0 Å². The van der Waals surface area contributed by atoms with E-state index in [0.29, 0.717) is 0 Å². The first kappa shape index (κ1) is 20.2. The summed E-state index contributed by atoms with van der Waals surface area (Å²) in [5.41, 5.74) is 1.25. The van der Waals surface area contributed by atoms with Crippen molar-refractivity contribution in [3.63, 3.8) is 0 Å². The van der Waals surface area contributed by atoms with E-state index in [9.17, 15) is 0 Å². The number of hydrogen-bond acceptors (Lipinski definition) is 0. The molecule has 0 unspecified atom stereocenters. The van der Waals surface area contributed by atoms with Crippen LogP contribution in [0.3, 0.4) is 0 Å². The standard InChI is InChI=1S/C9H10Cl.3C6H5.Sn/c1-2-5-8-6-3-4-7-9(8)10;3*1-2-4-6-5-3-1;/h3-4,6-7H,1-2,5H2;3*1-5H;. The van der Waals surface area contributed by atoms with Crippen LogP contribution in [0.15, 0.2) is 115 Å². The van der Waals surface area contributed by atoms with Crippen molar-refractivity contribution < 1.29 is 0 Å². The van der Waals surface area contributed by atoms with Crippen molar-refractivity contribution in [3.05, 3.63) is 126 Å². The summed E-state index contributed by atoms with van der Waals surface area (Å²) in [6.07, 6.45) is 2.16. The van der Waals surface area contributed by atoms with Gasteiger partial charge in [0.25, 0.3) is 0 Å². The topological polar surface area (TPSA) is 0 Å². The summed E-state index contributed by atoms with van der Waals surface area (Å²) < 4.78 is 5.84. The van der Waals surface area contributed by atoms with E-state index < -0.39 is 18.4 Å². The van der Waals surface area contributed by atoms with Crippen LogP contribution in [0, 0.1) is 0 Å². The van der Waals surface area contributed by atoms with Gasteiger partial charge in [-0.05, 0) is 0 Å². The summed E-state index contributed by atoms with van der Waals surface area (Å²) in [6, 6.07) is 41.9. The first-order valence-corrected chi connectivity index (χ1v) is 16.9. The molecule has 0 bridgehead atoms. The molecule has 144 valence electrons. The number of benzene rings is 4. The molecule has 0 aliphatic rings. The molecule has 0 heterocycles. The van der Waals surface area contributed by atoms with Crippen molar-refractivity contribution in [2.45, 2.75) is 17.3 Å². The molecule has 4 aromatic rings. The molecule has 0 fully saturated rings. The van der Waals surface area contributed by atoms with E-state index in [4.69, 9.17) is 11.6 Å². The van der Waals surface area contributed by atoms with Gasteiger partial charge in [-0.15, -0.1) is 0 Å². The van der Waals surface area contributed by atoms with E-state index in [1.807, 2.05) is 12.1 Å². The molecule has 0 spiro atoms. The Balaban J connectivity index is 1.78. The maximum absolute atomic E-state index is 6.44. The van der Waals surface area contributed by atoms with Crippen LogP contribution < -0.4 is 10.7 Å². The van der Waals surface area contributed by atoms with Gasteiger partial charge in [0.2, 0.25) is 0 Å². The van der Waals surface area contributed by atoms with Crippen LogP contribution >= 0.6 is 11.6 Å². The summed E-state index contributed by atoms with van der Waals surface area (Å²) in [5, 5.41) is 0.882. The van der Waals surface area contributed by atoms with Crippen LogP contribution in [0.1, 0.15) is 12.0 Å². The number of hydrogen-bond donors (Lipinski definition) is 0. The van der Waals surface area contributed by atoms with Crippen LogP contribution in [0.2, 0.25) is 9.46 Å². The van der Waals surface area contributed by atoms with Gasteiger partial charge in [0.15, 0.2) is 0 Å².